The predicted octanol–water partition coefficient (Wildman–Crippen LogP) is 7.43. The van der Waals surface area contributed by atoms with Crippen LogP contribution in [0.15, 0.2) is 35.2 Å². The molecule has 0 heterocycles. The van der Waals surface area contributed by atoms with Crippen molar-refractivity contribution in [3.63, 3.8) is 0 Å². The third-order valence-corrected chi connectivity index (χ3v) is 12.0. The van der Waals surface area contributed by atoms with Gasteiger partial charge in [-0.25, -0.2) is 0 Å². The van der Waals surface area contributed by atoms with Crippen molar-refractivity contribution in [2.45, 2.75) is 89.6 Å². The molecule has 166 valence electrons. The molecule has 1 aromatic carbocycles. The van der Waals surface area contributed by atoms with E-state index in [1.165, 1.54) is 55.6 Å². The molecule has 4 aliphatic rings. The molecule has 4 fully saturated rings. The van der Waals surface area contributed by atoms with Crippen LogP contribution in [0, 0.1) is 46.3 Å². The van der Waals surface area contributed by atoms with Crippen LogP contribution in [-0.2, 0) is 0 Å². The minimum atomic E-state index is -0.0210. The van der Waals surface area contributed by atoms with Crippen LogP contribution in [0.4, 0.5) is 0 Å². The molecule has 8 unspecified atom stereocenters. The molecule has 0 amide bonds. The van der Waals surface area contributed by atoms with Crippen LogP contribution in [0.25, 0.3) is 0 Å². The van der Waals surface area contributed by atoms with Gasteiger partial charge in [0.25, 0.3) is 0 Å². The first-order chi connectivity index (χ1) is 14.4. The molecular weight excluding hydrogens is 384 g/mol. The number of fused-ring (bicyclic) bond motifs is 5. The SMILES string of the molecule is C[C@H](CSc1ccccc1)C1CCC2C3CCC4CC(O)CCC4(C)C3CCC21C. The Kier molecular flexibility index (Phi) is 5.80. The number of benzene rings is 1. The summed E-state index contributed by atoms with van der Waals surface area (Å²) >= 11 is 2.07. The van der Waals surface area contributed by atoms with Gasteiger partial charge in [0.2, 0.25) is 0 Å². The molecule has 0 aliphatic heterocycles. The molecule has 4 saturated carbocycles. The molecule has 4 aliphatic carbocycles. The fraction of sp³-hybridized carbons (Fsp3) is 0.786. The van der Waals surface area contributed by atoms with Gasteiger partial charge < -0.3 is 5.11 Å². The molecule has 0 bridgehead atoms. The highest BCUT2D eigenvalue weighted by molar-refractivity contribution is 7.99. The zero-order valence-corrected chi connectivity index (χ0v) is 20.2. The first-order valence-electron chi connectivity index (χ1n) is 12.8. The first kappa shape index (κ1) is 21.4. The summed E-state index contributed by atoms with van der Waals surface area (Å²) in [6.45, 7) is 7.85. The largest absolute Gasteiger partial charge is 0.393 e. The Morgan fingerprint density at radius 3 is 2.47 bits per heavy atom. The standard InChI is InChI=1S/C28H42OS/c1-19(18-30-22-7-5-4-6-8-22)24-11-12-25-23-10-9-20-17-21(29)13-15-27(20,2)26(23)14-16-28(24,25)3/h4-8,19-21,23-26,29H,9-18H2,1-3H3/t19-,20?,21?,23?,24?,25?,26?,27?,28?/m1/s1. The molecule has 9 atom stereocenters. The highest BCUT2D eigenvalue weighted by Gasteiger charge is 2.60. The smallest absolute Gasteiger partial charge is 0.0543 e. The number of aliphatic hydroxyl groups is 1. The molecule has 0 radical (unpaired) electrons. The van der Waals surface area contributed by atoms with Gasteiger partial charge in [-0.2, -0.15) is 0 Å². The van der Waals surface area contributed by atoms with E-state index in [-0.39, 0.29) is 6.10 Å². The molecule has 0 saturated heterocycles. The van der Waals surface area contributed by atoms with Gasteiger partial charge in [0.05, 0.1) is 6.10 Å². The van der Waals surface area contributed by atoms with E-state index >= 15 is 0 Å². The molecule has 1 N–H and O–H groups in total. The van der Waals surface area contributed by atoms with Crippen LogP contribution in [0.2, 0.25) is 0 Å². The van der Waals surface area contributed by atoms with Crippen molar-refractivity contribution in [3.05, 3.63) is 30.3 Å². The van der Waals surface area contributed by atoms with E-state index in [1.54, 1.807) is 0 Å². The Morgan fingerprint density at radius 2 is 1.67 bits per heavy atom. The lowest BCUT2D eigenvalue weighted by atomic mass is 9.44. The van der Waals surface area contributed by atoms with E-state index in [9.17, 15) is 5.11 Å². The molecule has 1 nitrogen and oxygen atoms in total. The van der Waals surface area contributed by atoms with E-state index < -0.39 is 0 Å². The highest BCUT2D eigenvalue weighted by atomic mass is 32.2. The van der Waals surface area contributed by atoms with E-state index in [4.69, 9.17) is 0 Å². The van der Waals surface area contributed by atoms with E-state index in [0.717, 1.165) is 48.3 Å². The second-order valence-electron chi connectivity index (χ2n) is 11.9. The Balaban J connectivity index is 1.29. The Bertz CT molecular complexity index is 733. The van der Waals surface area contributed by atoms with E-state index in [0.29, 0.717) is 10.8 Å². The van der Waals surface area contributed by atoms with E-state index in [1.807, 2.05) is 0 Å². The minimum Gasteiger partial charge on any atom is -0.393 e. The molecule has 0 spiro atoms. The maximum absolute atomic E-state index is 10.3. The van der Waals surface area contributed by atoms with Gasteiger partial charge in [-0.15, -0.1) is 11.8 Å². The minimum absolute atomic E-state index is 0.0210. The Labute approximate surface area is 188 Å². The summed E-state index contributed by atoms with van der Waals surface area (Å²) in [4.78, 5) is 1.43. The van der Waals surface area contributed by atoms with Crippen molar-refractivity contribution in [1.82, 2.24) is 0 Å². The average Bonchev–Trinajstić information content (AvgIpc) is 3.10. The first-order valence-corrected chi connectivity index (χ1v) is 13.8. The van der Waals surface area contributed by atoms with Crippen molar-refractivity contribution in [1.29, 1.82) is 0 Å². The quantitative estimate of drug-likeness (QED) is 0.505. The molecular formula is C28H42OS. The summed E-state index contributed by atoms with van der Waals surface area (Å²) in [5.41, 5.74) is 1.07. The lowest BCUT2D eigenvalue weighted by molar-refractivity contribution is -0.128. The maximum Gasteiger partial charge on any atom is 0.0543 e. The van der Waals surface area contributed by atoms with Crippen molar-refractivity contribution in [2.75, 3.05) is 5.75 Å². The third kappa shape index (κ3) is 3.49. The van der Waals surface area contributed by atoms with Gasteiger partial charge >= 0.3 is 0 Å². The summed E-state index contributed by atoms with van der Waals surface area (Å²) in [5, 5.41) is 10.3. The van der Waals surface area contributed by atoms with Crippen LogP contribution in [0.5, 0.6) is 0 Å². The zero-order valence-electron chi connectivity index (χ0n) is 19.4. The summed E-state index contributed by atoms with van der Waals surface area (Å²) in [7, 11) is 0. The van der Waals surface area contributed by atoms with Crippen LogP contribution in [0.3, 0.4) is 0 Å². The highest BCUT2D eigenvalue weighted by Crippen LogP contribution is 2.68. The second kappa shape index (κ2) is 8.14. The molecule has 2 heteroatoms. The fourth-order valence-electron chi connectivity index (χ4n) is 9.07. The van der Waals surface area contributed by atoms with Crippen LogP contribution in [0.1, 0.15) is 78.6 Å². The topological polar surface area (TPSA) is 20.2 Å². The summed E-state index contributed by atoms with van der Waals surface area (Å²) in [5.74, 6) is 6.59. The number of hydrogen-bond acceptors (Lipinski definition) is 2. The van der Waals surface area contributed by atoms with Gasteiger partial charge in [0.1, 0.15) is 0 Å². The molecule has 1 aromatic rings. The number of rotatable bonds is 4. The van der Waals surface area contributed by atoms with E-state index in [2.05, 4.69) is 62.9 Å². The Morgan fingerprint density at radius 1 is 0.933 bits per heavy atom. The lowest BCUT2D eigenvalue weighted by Gasteiger charge is -2.61. The van der Waals surface area contributed by atoms with Crippen molar-refractivity contribution < 1.29 is 5.11 Å². The fourth-order valence-corrected chi connectivity index (χ4v) is 10.1. The number of thioether (sulfide) groups is 1. The van der Waals surface area contributed by atoms with Crippen molar-refractivity contribution in [3.8, 4) is 0 Å². The van der Waals surface area contributed by atoms with Gasteiger partial charge in [0.15, 0.2) is 0 Å². The molecule has 5 rings (SSSR count). The maximum atomic E-state index is 10.3. The predicted molar refractivity (Wildman–Crippen MR) is 128 cm³/mol. The van der Waals surface area contributed by atoms with Gasteiger partial charge in [0, 0.05) is 10.6 Å². The van der Waals surface area contributed by atoms with Crippen LogP contribution in [-0.4, -0.2) is 17.0 Å². The van der Waals surface area contributed by atoms with Gasteiger partial charge in [-0.3, -0.25) is 0 Å². The lowest BCUT2D eigenvalue weighted by Crippen LogP contribution is -2.54. The Hall–Kier alpha value is -0.470. The summed E-state index contributed by atoms with van der Waals surface area (Å²) in [6.07, 6.45) is 12.1. The summed E-state index contributed by atoms with van der Waals surface area (Å²) < 4.78 is 0. The average molecular weight is 427 g/mol. The number of hydrogen-bond donors (Lipinski definition) is 1. The van der Waals surface area contributed by atoms with Crippen LogP contribution >= 0.6 is 11.8 Å². The second-order valence-corrected chi connectivity index (χ2v) is 13.0. The summed E-state index contributed by atoms with van der Waals surface area (Å²) in [6, 6.07) is 11.0. The number of aliphatic hydroxyl groups excluding tert-OH is 1. The van der Waals surface area contributed by atoms with Gasteiger partial charge in [-0.1, -0.05) is 39.0 Å². The monoisotopic (exact) mass is 426 g/mol. The normalized spacial score (nSPS) is 46.5. The third-order valence-electron chi connectivity index (χ3n) is 10.7. The zero-order chi connectivity index (χ0) is 20.9. The molecule has 30 heavy (non-hydrogen) atoms. The van der Waals surface area contributed by atoms with Crippen molar-refractivity contribution in [2.24, 2.45) is 46.3 Å². The van der Waals surface area contributed by atoms with Crippen LogP contribution < -0.4 is 0 Å². The van der Waals surface area contributed by atoms with Gasteiger partial charge in [-0.05, 0) is 116 Å². The van der Waals surface area contributed by atoms with Crippen molar-refractivity contribution >= 4 is 11.8 Å². The molecule has 0 aromatic heterocycles.